The first-order valence-corrected chi connectivity index (χ1v) is 5.23. The molecule has 86 valence electrons. The highest BCUT2D eigenvalue weighted by atomic mass is 35.5. The van der Waals surface area contributed by atoms with E-state index in [0.717, 1.165) is 0 Å². The number of rotatable bonds is 4. The Morgan fingerprint density at radius 1 is 1.56 bits per heavy atom. The molecule has 1 aromatic rings. The molecule has 1 N–H and O–H groups in total. The first-order valence-electron chi connectivity index (χ1n) is 4.48. The Labute approximate surface area is 103 Å². The molecule has 0 heterocycles. The van der Waals surface area contributed by atoms with Crippen molar-refractivity contribution in [2.45, 2.75) is 6.92 Å². The summed E-state index contributed by atoms with van der Waals surface area (Å²) in [6.07, 6.45) is 1.47. The van der Waals surface area contributed by atoms with Gasteiger partial charge < -0.3 is 4.74 Å². The number of carbonyl (C=O) groups is 1. The molecule has 0 unspecified atom stereocenters. The predicted molar refractivity (Wildman–Crippen MR) is 64.3 cm³/mol. The van der Waals surface area contributed by atoms with Gasteiger partial charge in [0.2, 0.25) is 0 Å². The van der Waals surface area contributed by atoms with Gasteiger partial charge in [0.05, 0.1) is 5.02 Å². The van der Waals surface area contributed by atoms with Crippen LogP contribution in [0.15, 0.2) is 23.3 Å². The first-order chi connectivity index (χ1) is 7.63. The number of nitrogens with zero attached hydrogens (tertiary/aromatic N) is 1. The Bertz CT molecular complexity index is 408. The quantitative estimate of drug-likeness (QED) is 0.668. The molecule has 0 atom stereocenters. The van der Waals surface area contributed by atoms with E-state index < -0.39 is 0 Å². The highest BCUT2D eigenvalue weighted by molar-refractivity contribution is 6.35. The van der Waals surface area contributed by atoms with Crippen molar-refractivity contribution in [2.75, 3.05) is 6.61 Å². The van der Waals surface area contributed by atoms with E-state index in [1.54, 1.807) is 25.1 Å². The lowest BCUT2D eigenvalue weighted by Gasteiger charge is -2.06. The lowest BCUT2D eigenvalue weighted by molar-refractivity contribution is -0.123. The summed E-state index contributed by atoms with van der Waals surface area (Å²) in [5.41, 5.74) is 2.27. The number of benzene rings is 1. The van der Waals surface area contributed by atoms with Gasteiger partial charge in [-0.15, -0.1) is 0 Å². The zero-order chi connectivity index (χ0) is 12.0. The minimum atomic E-state index is -0.357. The molecule has 1 aromatic carbocycles. The molecule has 0 saturated heterocycles. The van der Waals surface area contributed by atoms with Crippen LogP contribution in [-0.2, 0) is 4.79 Å². The van der Waals surface area contributed by atoms with Gasteiger partial charge in [-0.3, -0.25) is 4.79 Å². The standard InChI is InChI=1S/C10H10Cl2N2O2/c1-2-13-14-10(15)6-16-9-4-3-7(11)5-8(9)12/h2-5H,6H2,1H3,(H,14,15)/b13-2-. The van der Waals surface area contributed by atoms with Gasteiger partial charge in [-0.05, 0) is 25.1 Å². The number of amides is 1. The van der Waals surface area contributed by atoms with Crippen LogP contribution in [0.3, 0.4) is 0 Å². The predicted octanol–water partition coefficient (Wildman–Crippen LogP) is 2.49. The number of hydrogen-bond acceptors (Lipinski definition) is 3. The van der Waals surface area contributed by atoms with Gasteiger partial charge in [0.15, 0.2) is 6.61 Å². The second-order valence-electron chi connectivity index (χ2n) is 2.79. The molecule has 6 heteroatoms. The second kappa shape index (κ2) is 6.35. The summed E-state index contributed by atoms with van der Waals surface area (Å²) in [7, 11) is 0. The molecule has 0 aliphatic carbocycles. The SMILES string of the molecule is C/C=N\NC(=O)COc1ccc(Cl)cc1Cl. The number of nitrogens with one attached hydrogen (secondary N) is 1. The van der Waals surface area contributed by atoms with E-state index in [2.05, 4.69) is 10.5 Å². The fourth-order valence-electron chi connectivity index (χ4n) is 0.904. The van der Waals surface area contributed by atoms with Gasteiger partial charge in [-0.2, -0.15) is 5.10 Å². The van der Waals surface area contributed by atoms with E-state index in [0.29, 0.717) is 15.8 Å². The average Bonchev–Trinajstić information content (AvgIpc) is 2.25. The fraction of sp³-hybridized carbons (Fsp3) is 0.200. The molecule has 0 aliphatic rings. The zero-order valence-corrected chi connectivity index (χ0v) is 10.0. The first kappa shape index (κ1) is 12.8. The average molecular weight is 261 g/mol. The smallest absolute Gasteiger partial charge is 0.277 e. The van der Waals surface area contributed by atoms with E-state index in [1.165, 1.54) is 6.21 Å². The van der Waals surface area contributed by atoms with E-state index in [9.17, 15) is 4.79 Å². The number of halogens is 2. The maximum atomic E-state index is 11.1. The summed E-state index contributed by atoms with van der Waals surface area (Å²) < 4.78 is 5.17. The summed E-state index contributed by atoms with van der Waals surface area (Å²) >= 11 is 11.6. The van der Waals surface area contributed by atoms with E-state index in [-0.39, 0.29) is 12.5 Å². The second-order valence-corrected chi connectivity index (χ2v) is 3.63. The molecular formula is C10H10Cl2N2O2. The van der Waals surface area contributed by atoms with Crippen molar-refractivity contribution < 1.29 is 9.53 Å². The summed E-state index contributed by atoms with van der Waals surface area (Å²) in [4.78, 5) is 11.1. The molecule has 1 amide bonds. The molecule has 1 rings (SSSR count). The molecule has 0 spiro atoms. The number of hydrazone groups is 1. The van der Waals surface area contributed by atoms with Gasteiger partial charge in [0, 0.05) is 11.2 Å². The van der Waals surface area contributed by atoms with Crippen molar-refractivity contribution in [1.29, 1.82) is 0 Å². The number of carbonyl (C=O) groups excluding carboxylic acids is 1. The van der Waals surface area contributed by atoms with Gasteiger partial charge in [0.1, 0.15) is 5.75 Å². The Hall–Kier alpha value is -1.26. The van der Waals surface area contributed by atoms with Crippen LogP contribution in [0.5, 0.6) is 5.75 Å². The Kier molecular flexibility index (Phi) is 5.08. The van der Waals surface area contributed by atoms with Crippen molar-refractivity contribution in [1.82, 2.24) is 5.43 Å². The van der Waals surface area contributed by atoms with Crippen molar-refractivity contribution in [3.8, 4) is 5.75 Å². The van der Waals surface area contributed by atoms with Gasteiger partial charge in [-0.1, -0.05) is 23.2 Å². The van der Waals surface area contributed by atoms with Crippen LogP contribution in [0.2, 0.25) is 10.0 Å². The van der Waals surface area contributed by atoms with Crippen LogP contribution in [-0.4, -0.2) is 18.7 Å². The Morgan fingerprint density at radius 3 is 2.94 bits per heavy atom. The summed E-state index contributed by atoms with van der Waals surface area (Å²) in [5, 5.41) is 4.43. The van der Waals surface area contributed by atoms with Crippen LogP contribution in [0, 0.1) is 0 Å². The van der Waals surface area contributed by atoms with Crippen LogP contribution in [0.1, 0.15) is 6.92 Å². The number of hydrogen-bond donors (Lipinski definition) is 1. The third-order valence-corrected chi connectivity index (χ3v) is 2.10. The normalized spacial score (nSPS) is 10.4. The third-order valence-electron chi connectivity index (χ3n) is 1.57. The summed E-state index contributed by atoms with van der Waals surface area (Å²) in [6, 6.07) is 4.77. The maximum absolute atomic E-state index is 11.1. The van der Waals surface area contributed by atoms with Crippen LogP contribution < -0.4 is 10.2 Å². The van der Waals surface area contributed by atoms with Crippen LogP contribution >= 0.6 is 23.2 Å². The largest absolute Gasteiger partial charge is 0.482 e. The van der Waals surface area contributed by atoms with Crippen molar-refractivity contribution in [2.24, 2.45) is 5.10 Å². The van der Waals surface area contributed by atoms with Gasteiger partial charge >= 0.3 is 0 Å². The molecule has 0 aromatic heterocycles. The molecular weight excluding hydrogens is 251 g/mol. The minimum Gasteiger partial charge on any atom is -0.482 e. The number of ether oxygens (including phenoxy) is 1. The summed E-state index contributed by atoms with van der Waals surface area (Å²) in [6.45, 7) is 1.54. The lowest BCUT2D eigenvalue weighted by atomic mass is 10.3. The topological polar surface area (TPSA) is 50.7 Å². The van der Waals surface area contributed by atoms with E-state index in [4.69, 9.17) is 27.9 Å². The van der Waals surface area contributed by atoms with Crippen LogP contribution in [0.25, 0.3) is 0 Å². The highest BCUT2D eigenvalue weighted by Gasteiger charge is 2.05. The molecule has 4 nitrogen and oxygen atoms in total. The monoisotopic (exact) mass is 260 g/mol. The molecule has 16 heavy (non-hydrogen) atoms. The van der Waals surface area contributed by atoms with E-state index >= 15 is 0 Å². The molecule has 0 aliphatic heterocycles. The Balaban J connectivity index is 2.51. The van der Waals surface area contributed by atoms with Gasteiger partial charge in [-0.25, -0.2) is 5.43 Å². The lowest BCUT2D eigenvalue weighted by Crippen LogP contribution is -2.24. The fourth-order valence-corrected chi connectivity index (χ4v) is 1.37. The molecule has 0 saturated carbocycles. The molecule has 0 bridgehead atoms. The van der Waals surface area contributed by atoms with Crippen molar-refractivity contribution in [3.05, 3.63) is 28.2 Å². The zero-order valence-electron chi connectivity index (χ0n) is 8.54. The van der Waals surface area contributed by atoms with Crippen molar-refractivity contribution >= 4 is 35.3 Å². The maximum Gasteiger partial charge on any atom is 0.277 e. The molecule has 0 fully saturated rings. The minimum absolute atomic E-state index is 0.154. The van der Waals surface area contributed by atoms with Gasteiger partial charge in [0.25, 0.3) is 5.91 Å². The van der Waals surface area contributed by atoms with E-state index in [1.807, 2.05) is 0 Å². The van der Waals surface area contributed by atoms with Crippen LogP contribution in [0.4, 0.5) is 0 Å². The van der Waals surface area contributed by atoms with Crippen molar-refractivity contribution in [3.63, 3.8) is 0 Å². The molecule has 0 radical (unpaired) electrons. The third kappa shape index (κ3) is 4.08. The highest BCUT2D eigenvalue weighted by Crippen LogP contribution is 2.27. The Morgan fingerprint density at radius 2 is 2.31 bits per heavy atom. The summed E-state index contributed by atoms with van der Waals surface area (Å²) in [5.74, 6) is 0.0470.